The van der Waals surface area contributed by atoms with Crippen LogP contribution in [0.2, 0.25) is 0 Å². The Morgan fingerprint density at radius 3 is 2.62 bits per heavy atom. The summed E-state index contributed by atoms with van der Waals surface area (Å²) < 4.78 is 37.9. The monoisotopic (exact) mass is 406 g/mol. The molecule has 3 fully saturated rings. The second-order valence-electron chi connectivity index (χ2n) is 8.01. The molecule has 1 aliphatic carbocycles. The topological polar surface area (TPSA) is 124 Å². The molecule has 3 unspecified atom stereocenters. The number of benzene rings is 1. The van der Waals surface area contributed by atoms with Crippen molar-refractivity contribution in [2.45, 2.75) is 31.0 Å². The number of pyridine rings is 1. The van der Waals surface area contributed by atoms with E-state index in [1.54, 1.807) is 0 Å². The molecule has 0 amide bonds. The molecule has 2 aliphatic heterocycles. The van der Waals surface area contributed by atoms with Crippen LogP contribution < -0.4 is 21.8 Å². The van der Waals surface area contributed by atoms with Gasteiger partial charge < -0.3 is 30.8 Å². The minimum atomic E-state index is -1.47. The molecule has 2 aromatic rings. The van der Waals surface area contributed by atoms with Crippen LogP contribution in [0, 0.1) is 17.6 Å². The highest BCUT2D eigenvalue weighted by Crippen LogP contribution is 2.44. The van der Waals surface area contributed by atoms with Crippen LogP contribution in [0.3, 0.4) is 0 Å². The fourth-order valence-corrected chi connectivity index (χ4v) is 4.64. The summed E-state index contributed by atoms with van der Waals surface area (Å²) in [5.74, 6) is -3.51. The first-order valence-corrected chi connectivity index (χ1v) is 9.49. The van der Waals surface area contributed by atoms with Gasteiger partial charge in [0.2, 0.25) is 5.43 Å². The predicted molar refractivity (Wildman–Crippen MR) is 101 cm³/mol. The van der Waals surface area contributed by atoms with Gasteiger partial charge in [0.1, 0.15) is 11.3 Å². The van der Waals surface area contributed by atoms with Crippen molar-refractivity contribution in [3.05, 3.63) is 33.6 Å². The van der Waals surface area contributed by atoms with E-state index in [4.69, 9.17) is 16.2 Å². The van der Waals surface area contributed by atoms with Gasteiger partial charge in [0, 0.05) is 30.7 Å². The quantitative estimate of drug-likeness (QED) is 0.651. The summed E-state index contributed by atoms with van der Waals surface area (Å²) in [4.78, 5) is 25.7. The van der Waals surface area contributed by atoms with E-state index in [1.807, 2.05) is 0 Å². The molecule has 3 atom stereocenters. The fraction of sp³-hybridized carbons (Fsp3) is 0.474. The molecule has 10 heteroatoms. The highest BCUT2D eigenvalue weighted by molar-refractivity contribution is 5.99. The molecule has 1 saturated carbocycles. The molecule has 0 spiro atoms. The maximum atomic E-state index is 15.8. The number of hydrogen-bond donors (Lipinski definition) is 3. The lowest BCUT2D eigenvalue weighted by Gasteiger charge is -2.27. The van der Waals surface area contributed by atoms with Gasteiger partial charge in [0.25, 0.3) is 0 Å². The van der Waals surface area contributed by atoms with Gasteiger partial charge in [-0.05, 0) is 12.8 Å². The van der Waals surface area contributed by atoms with Gasteiger partial charge in [-0.3, -0.25) is 4.79 Å². The largest absolute Gasteiger partial charge is 0.477 e. The van der Waals surface area contributed by atoms with Gasteiger partial charge in [-0.2, -0.15) is 0 Å². The Hall–Kier alpha value is -2.72. The zero-order valence-electron chi connectivity index (χ0n) is 15.4. The molecule has 154 valence electrons. The van der Waals surface area contributed by atoms with Crippen LogP contribution in [-0.2, 0) is 4.74 Å². The average Bonchev–Trinajstić information content (AvgIpc) is 3.31. The molecule has 1 aromatic heterocycles. The zero-order valence-corrected chi connectivity index (χ0v) is 15.4. The van der Waals surface area contributed by atoms with E-state index in [2.05, 4.69) is 0 Å². The van der Waals surface area contributed by atoms with E-state index in [0.29, 0.717) is 26.1 Å². The number of carboxylic acids is 1. The molecule has 3 heterocycles. The third-order valence-electron chi connectivity index (χ3n) is 6.27. The summed E-state index contributed by atoms with van der Waals surface area (Å²) in [6, 6.07) is -0.754. The average molecular weight is 406 g/mol. The maximum Gasteiger partial charge on any atom is 0.341 e. The number of halogens is 2. The Morgan fingerprint density at radius 2 is 1.97 bits per heavy atom. The molecule has 5 rings (SSSR count). The zero-order chi connectivity index (χ0) is 20.6. The van der Waals surface area contributed by atoms with Gasteiger partial charge in [-0.1, -0.05) is 0 Å². The maximum absolute atomic E-state index is 15.8. The van der Waals surface area contributed by atoms with Crippen molar-refractivity contribution in [3.8, 4) is 0 Å². The molecular formula is C19H20F2N4O4. The number of nitrogens with two attached hydrogens (primary N) is 2. The van der Waals surface area contributed by atoms with Gasteiger partial charge in [0.15, 0.2) is 11.6 Å². The third-order valence-corrected chi connectivity index (χ3v) is 6.27. The molecule has 2 saturated heterocycles. The van der Waals surface area contributed by atoms with Crippen molar-refractivity contribution in [2.24, 2.45) is 11.7 Å². The Kier molecular flexibility index (Phi) is 3.88. The van der Waals surface area contributed by atoms with Gasteiger partial charge in [-0.15, -0.1) is 0 Å². The SMILES string of the molecule is Nc1c(F)c(N2CC(N)C3COCC32)c(F)c2c1c(=O)c(C(=O)O)cn2C1CC1. The predicted octanol–water partition coefficient (Wildman–Crippen LogP) is 1.06. The molecule has 0 bridgehead atoms. The standard InChI is InChI=1S/C19H20F2N4O4/c20-13-15(23)12-16(24(7-1-2-7)3-8(18(12)26)19(27)28)14(21)17(13)25-4-10(22)9-5-29-6-11(9)25/h3,7,9-11H,1-2,4-6,22-23H2,(H,27,28). The lowest BCUT2D eigenvalue weighted by molar-refractivity contribution is 0.0695. The summed E-state index contributed by atoms with van der Waals surface area (Å²) in [5.41, 5.74) is 9.50. The summed E-state index contributed by atoms with van der Waals surface area (Å²) in [5, 5.41) is 8.93. The fourth-order valence-electron chi connectivity index (χ4n) is 4.64. The highest BCUT2D eigenvalue weighted by Gasteiger charge is 2.46. The number of aromatic carboxylic acids is 1. The Morgan fingerprint density at radius 1 is 1.24 bits per heavy atom. The van der Waals surface area contributed by atoms with Crippen LogP contribution in [0.1, 0.15) is 29.2 Å². The van der Waals surface area contributed by atoms with Crippen molar-refractivity contribution >= 4 is 28.2 Å². The van der Waals surface area contributed by atoms with Crippen LogP contribution >= 0.6 is 0 Å². The van der Waals surface area contributed by atoms with E-state index in [9.17, 15) is 14.7 Å². The number of carboxylic acid groups (broad SMARTS) is 1. The van der Waals surface area contributed by atoms with E-state index in [-0.39, 0.29) is 41.8 Å². The summed E-state index contributed by atoms with van der Waals surface area (Å²) >= 11 is 0. The minimum absolute atomic E-state index is 0.0502. The molecule has 1 aromatic carbocycles. The molecular weight excluding hydrogens is 386 g/mol. The summed E-state index contributed by atoms with van der Waals surface area (Å²) in [6.45, 7) is 0.949. The highest BCUT2D eigenvalue weighted by atomic mass is 19.1. The van der Waals surface area contributed by atoms with Crippen LogP contribution in [0.25, 0.3) is 10.9 Å². The first-order chi connectivity index (χ1) is 13.8. The number of anilines is 2. The Balaban J connectivity index is 1.82. The Labute approximate surface area is 163 Å². The summed E-state index contributed by atoms with van der Waals surface area (Å²) in [7, 11) is 0. The van der Waals surface area contributed by atoms with Gasteiger partial charge in [-0.25, -0.2) is 13.6 Å². The van der Waals surface area contributed by atoms with Crippen molar-refractivity contribution in [3.63, 3.8) is 0 Å². The number of fused-ring (bicyclic) bond motifs is 2. The van der Waals surface area contributed by atoms with Crippen LogP contribution in [0.4, 0.5) is 20.2 Å². The second kappa shape index (κ2) is 6.14. The van der Waals surface area contributed by atoms with Crippen molar-refractivity contribution in [1.29, 1.82) is 0 Å². The number of aromatic nitrogens is 1. The molecule has 29 heavy (non-hydrogen) atoms. The van der Waals surface area contributed by atoms with Gasteiger partial charge in [0.05, 0.1) is 35.8 Å². The van der Waals surface area contributed by atoms with Crippen molar-refractivity contribution in [2.75, 3.05) is 30.4 Å². The lowest BCUT2D eigenvalue weighted by atomic mass is 10.0. The number of nitrogen functional groups attached to an aromatic ring is 1. The number of hydrogen-bond acceptors (Lipinski definition) is 6. The van der Waals surface area contributed by atoms with E-state index in [1.165, 1.54) is 9.47 Å². The lowest BCUT2D eigenvalue weighted by Crippen LogP contribution is -2.35. The molecule has 0 radical (unpaired) electrons. The van der Waals surface area contributed by atoms with E-state index < -0.39 is 39.7 Å². The number of rotatable bonds is 3. The summed E-state index contributed by atoms with van der Waals surface area (Å²) in [6.07, 6.45) is 2.54. The van der Waals surface area contributed by atoms with Gasteiger partial charge >= 0.3 is 5.97 Å². The molecule has 3 aliphatic rings. The van der Waals surface area contributed by atoms with Crippen LogP contribution in [0.15, 0.2) is 11.0 Å². The third kappa shape index (κ3) is 2.48. The second-order valence-corrected chi connectivity index (χ2v) is 8.01. The van der Waals surface area contributed by atoms with E-state index >= 15 is 8.78 Å². The molecule has 8 nitrogen and oxygen atoms in total. The normalized spacial score (nSPS) is 26.3. The number of carbonyl (C=O) groups is 1. The van der Waals surface area contributed by atoms with Crippen molar-refractivity contribution < 1.29 is 23.4 Å². The number of ether oxygens (including phenoxy) is 1. The van der Waals surface area contributed by atoms with Crippen LogP contribution in [-0.4, -0.2) is 47.5 Å². The Bertz CT molecular complexity index is 1110. The number of nitrogens with zero attached hydrogens (tertiary/aromatic N) is 2. The smallest absolute Gasteiger partial charge is 0.341 e. The van der Waals surface area contributed by atoms with Crippen molar-refractivity contribution in [1.82, 2.24) is 4.57 Å². The van der Waals surface area contributed by atoms with Crippen LogP contribution in [0.5, 0.6) is 0 Å². The molecule has 5 N–H and O–H groups in total. The first kappa shape index (κ1) is 18.3. The van der Waals surface area contributed by atoms with E-state index in [0.717, 1.165) is 6.20 Å². The first-order valence-electron chi connectivity index (χ1n) is 9.49. The minimum Gasteiger partial charge on any atom is -0.477 e.